The molecular formula is C15H17BrFN3. The molecule has 0 saturated carbocycles. The van der Waals surface area contributed by atoms with Gasteiger partial charge in [-0.1, -0.05) is 28.9 Å². The average molecular weight is 338 g/mol. The Morgan fingerprint density at radius 3 is 2.80 bits per heavy atom. The summed E-state index contributed by atoms with van der Waals surface area (Å²) in [6, 6.07) is 6.48. The monoisotopic (exact) mass is 337 g/mol. The number of hydrogen-bond acceptors (Lipinski definition) is 3. The quantitative estimate of drug-likeness (QED) is 0.875. The maximum Gasteiger partial charge on any atom is 0.129 e. The zero-order valence-electron chi connectivity index (χ0n) is 11.2. The highest BCUT2D eigenvalue weighted by molar-refractivity contribution is 9.10. The summed E-state index contributed by atoms with van der Waals surface area (Å²) in [4.78, 5) is 4.10. The first kappa shape index (κ1) is 14.9. The number of nitrogens with one attached hydrogen (secondary N) is 1. The zero-order chi connectivity index (χ0) is 14.5. The van der Waals surface area contributed by atoms with E-state index in [0.717, 1.165) is 18.5 Å². The van der Waals surface area contributed by atoms with E-state index in [2.05, 4.69) is 33.2 Å². The van der Waals surface area contributed by atoms with Crippen LogP contribution in [-0.4, -0.2) is 11.5 Å². The van der Waals surface area contributed by atoms with Crippen molar-refractivity contribution in [1.82, 2.24) is 10.3 Å². The Balaban J connectivity index is 2.44. The number of halogens is 2. The molecular weight excluding hydrogens is 321 g/mol. The molecule has 0 fully saturated rings. The van der Waals surface area contributed by atoms with Crippen LogP contribution in [0.2, 0.25) is 0 Å². The topological polar surface area (TPSA) is 50.9 Å². The van der Waals surface area contributed by atoms with E-state index >= 15 is 0 Å². The number of benzene rings is 1. The fourth-order valence-electron chi connectivity index (χ4n) is 2.07. The molecule has 0 radical (unpaired) electrons. The minimum atomic E-state index is -0.295. The van der Waals surface area contributed by atoms with Crippen molar-refractivity contribution in [2.24, 2.45) is 0 Å². The molecule has 0 amide bonds. The second kappa shape index (κ2) is 6.81. The molecule has 20 heavy (non-hydrogen) atoms. The molecule has 0 spiro atoms. The molecule has 3 N–H and O–H groups in total. The minimum absolute atomic E-state index is 0.267. The van der Waals surface area contributed by atoms with Gasteiger partial charge in [0, 0.05) is 33.7 Å². The molecule has 1 atom stereocenters. The van der Waals surface area contributed by atoms with Crippen LogP contribution in [0.4, 0.5) is 10.1 Å². The van der Waals surface area contributed by atoms with Crippen molar-refractivity contribution in [3.8, 4) is 0 Å². The number of nitrogens with zero attached hydrogens (tertiary/aromatic N) is 1. The SMILES string of the molecule is CCCNC(c1cnccc1N)c1ccc(Br)cc1F. The summed E-state index contributed by atoms with van der Waals surface area (Å²) in [6.07, 6.45) is 4.27. The largest absolute Gasteiger partial charge is 0.398 e. The van der Waals surface area contributed by atoms with E-state index in [0.29, 0.717) is 15.7 Å². The van der Waals surface area contributed by atoms with Gasteiger partial charge in [0.05, 0.1) is 6.04 Å². The van der Waals surface area contributed by atoms with Crippen LogP contribution in [0.15, 0.2) is 41.1 Å². The Morgan fingerprint density at radius 2 is 2.15 bits per heavy atom. The first-order valence-corrected chi connectivity index (χ1v) is 7.30. The maximum absolute atomic E-state index is 14.2. The van der Waals surface area contributed by atoms with Gasteiger partial charge in [-0.05, 0) is 31.2 Å². The van der Waals surface area contributed by atoms with Crippen LogP contribution in [-0.2, 0) is 0 Å². The third-order valence-corrected chi connectivity index (χ3v) is 3.56. The van der Waals surface area contributed by atoms with Crippen LogP contribution in [0.5, 0.6) is 0 Å². The second-order valence-electron chi connectivity index (χ2n) is 4.56. The first-order valence-electron chi connectivity index (χ1n) is 6.51. The van der Waals surface area contributed by atoms with Crippen molar-refractivity contribution in [3.63, 3.8) is 0 Å². The van der Waals surface area contributed by atoms with Gasteiger partial charge in [-0.15, -0.1) is 0 Å². The number of rotatable bonds is 5. The van der Waals surface area contributed by atoms with E-state index < -0.39 is 0 Å². The van der Waals surface area contributed by atoms with Crippen molar-refractivity contribution < 1.29 is 4.39 Å². The molecule has 1 aromatic carbocycles. The summed E-state index contributed by atoms with van der Waals surface area (Å²) < 4.78 is 14.9. The van der Waals surface area contributed by atoms with E-state index in [9.17, 15) is 4.39 Å². The molecule has 106 valence electrons. The molecule has 2 aromatic rings. The fraction of sp³-hybridized carbons (Fsp3) is 0.267. The number of hydrogen-bond donors (Lipinski definition) is 2. The lowest BCUT2D eigenvalue weighted by Crippen LogP contribution is -2.25. The highest BCUT2D eigenvalue weighted by Gasteiger charge is 2.19. The van der Waals surface area contributed by atoms with Crippen LogP contribution >= 0.6 is 15.9 Å². The van der Waals surface area contributed by atoms with Crippen LogP contribution in [0, 0.1) is 5.82 Å². The number of pyridine rings is 1. The molecule has 1 aromatic heterocycles. The van der Waals surface area contributed by atoms with E-state index in [1.54, 1.807) is 24.5 Å². The Labute approximate surface area is 126 Å². The molecule has 1 unspecified atom stereocenters. The predicted molar refractivity (Wildman–Crippen MR) is 82.9 cm³/mol. The van der Waals surface area contributed by atoms with Gasteiger partial charge in [0.25, 0.3) is 0 Å². The molecule has 3 nitrogen and oxygen atoms in total. The maximum atomic E-state index is 14.2. The lowest BCUT2D eigenvalue weighted by Gasteiger charge is -2.21. The lowest BCUT2D eigenvalue weighted by molar-refractivity contribution is 0.546. The second-order valence-corrected chi connectivity index (χ2v) is 5.47. The van der Waals surface area contributed by atoms with E-state index in [-0.39, 0.29) is 11.9 Å². The third-order valence-electron chi connectivity index (χ3n) is 3.07. The Kier molecular flexibility index (Phi) is 5.09. The van der Waals surface area contributed by atoms with E-state index in [4.69, 9.17) is 5.73 Å². The number of nitrogens with two attached hydrogens (primary N) is 1. The molecule has 0 bridgehead atoms. The van der Waals surface area contributed by atoms with Crippen LogP contribution < -0.4 is 11.1 Å². The van der Waals surface area contributed by atoms with Gasteiger partial charge in [-0.3, -0.25) is 4.98 Å². The normalized spacial score (nSPS) is 12.3. The van der Waals surface area contributed by atoms with E-state index in [1.807, 2.05) is 6.07 Å². The van der Waals surface area contributed by atoms with Gasteiger partial charge in [-0.25, -0.2) is 4.39 Å². The van der Waals surface area contributed by atoms with Crippen molar-refractivity contribution in [2.45, 2.75) is 19.4 Å². The molecule has 0 aliphatic heterocycles. The molecule has 5 heteroatoms. The highest BCUT2D eigenvalue weighted by atomic mass is 79.9. The molecule has 0 aliphatic carbocycles. The number of anilines is 1. The zero-order valence-corrected chi connectivity index (χ0v) is 12.8. The van der Waals surface area contributed by atoms with Gasteiger partial charge in [-0.2, -0.15) is 0 Å². The van der Waals surface area contributed by atoms with Crippen molar-refractivity contribution >= 4 is 21.6 Å². The van der Waals surface area contributed by atoms with Crippen LogP contribution in [0.1, 0.15) is 30.5 Å². The smallest absolute Gasteiger partial charge is 0.129 e. The summed E-state index contributed by atoms with van der Waals surface area (Å²) in [5.74, 6) is -0.267. The Hall–Kier alpha value is -1.46. The van der Waals surface area contributed by atoms with Crippen molar-refractivity contribution in [3.05, 3.63) is 58.1 Å². The minimum Gasteiger partial charge on any atom is -0.398 e. The first-order chi connectivity index (χ1) is 9.63. The average Bonchev–Trinajstić information content (AvgIpc) is 2.42. The summed E-state index contributed by atoms with van der Waals surface area (Å²) in [6.45, 7) is 2.84. The standard InChI is InChI=1S/C15H17BrFN3/c1-2-6-20-15(12-9-19-7-5-14(12)18)11-4-3-10(16)8-13(11)17/h3-5,7-9,15,20H,2,6H2,1H3,(H2,18,19). The van der Waals surface area contributed by atoms with Gasteiger partial charge in [0.15, 0.2) is 0 Å². The Bertz CT molecular complexity index is 589. The number of aromatic nitrogens is 1. The molecule has 0 aliphatic rings. The van der Waals surface area contributed by atoms with E-state index in [1.165, 1.54) is 6.07 Å². The summed E-state index contributed by atoms with van der Waals surface area (Å²) in [5, 5.41) is 3.33. The lowest BCUT2D eigenvalue weighted by atomic mass is 9.98. The van der Waals surface area contributed by atoms with Gasteiger partial charge < -0.3 is 11.1 Å². The highest BCUT2D eigenvalue weighted by Crippen LogP contribution is 2.29. The van der Waals surface area contributed by atoms with Gasteiger partial charge in [0.1, 0.15) is 5.82 Å². The third kappa shape index (κ3) is 3.35. The summed E-state index contributed by atoms with van der Waals surface area (Å²) >= 11 is 3.27. The van der Waals surface area contributed by atoms with Crippen LogP contribution in [0.3, 0.4) is 0 Å². The number of nitrogen functional groups attached to an aromatic ring is 1. The van der Waals surface area contributed by atoms with Crippen molar-refractivity contribution in [2.75, 3.05) is 12.3 Å². The summed E-state index contributed by atoms with van der Waals surface area (Å²) in [7, 11) is 0. The van der Waals surface area contributed by atoms with Crippen molar-refractivity contribution in [1.29, 1.82) is 0 Å². The van der Waals surface area contributed by atoms with Gasteiger partial charge in [0.2, 0.25) is 0 Å². The summed E-state index contributed by atoms with van der Waals surface area (Å²) in [5.41, 5.74) is 7.97. The predicted octanol–water partition coefficient (Wildman–Crippen LogP) is 3.65. The molecule has 1 heterocycles. The van der Waals surface area contributed by atoms with Gasteiger partial charge >= 0.3 is 0 Å². The Morgan fingerprint density at radius 1 is 1.35 bits per heavy atom. The van der Waals surface area contributed by atoms with Crippen LogP contribution in [0.25, 0.3) is 0 Å². The molecule has 2 rings (SSSR count). The molecule has 0 saturated heterocycles. The fourth-order valence-corrected chi connectivity index (χ4v) is 2.40.